The van der Waals surface area contributed by atoms with Crippen molar-refractivity contribution in [3.63, 3.8) is 0 Å². The van der Waals surface area contributed by atoms with Gasteiger partial charge in [-0.15, -0.1) is 0 Å². The predicted molar refractivity (Wildman–Crippen MR) is 139 cm³/mol. The van der Waals surface area contributed by atoms with E-state index >= 15 is 0 Å². The zero-order chi connectivity index (χ0) is 24.8. The number of methoxy groups -OCH3 is 2. The molecule has 0 aliphatic carbocycles. The van der Waals surface area contributed by atoms with Crippen LogP contribution in [0.1, 0.15) is 29.4 Å². The maximum Gasteiger partial charge on any atom is 0.270 e. The zero-order valence-electron chi connectivity index (χ0n) is 20.0. The van der Waals surface area contributed by atoms with Crippen LogP contribution in [0.2, 0.25) is 5.02 Å². The van der Waals surface area contributed by atoms with Crippen LogP contribution in [0.4, 0.5) is 0 Å². The summed E-state index contributed by atoms with van der Waals surface area (Å²) < 4.78 is 12.5. The fraction of sp³-hybridized carbons (Fsp3) is 0.214. The van der Waals surface area contributed by atoms with Crippen molar-refractivity contribution in [2.75, 3.05) is 14.2 Å². The van der Waals surface area contributed by atoms with Crippen LogP contribution in [0, 0.1) is 0 Å². The largest absolute Gasteiger partial charge is 0.497 e. The van der Waals surface area contributed by atoms with Crippen molar-refractivity contribution in [3.8, 4) is 28.4 Å². The maximum absolute atomic E-state index is 13.4. The fourth-order valence-electron chi connectivity index (χ4n) is 3.89. The number of carbonyl (C=O) groups is 1. The van der Waals surface area contributed by atoms with Crippen LogP contribution < -0.4 is 14.8 Å². The Labute approximate surface area is 210 Å². The van der Waals surface area contributed by atoms with Crippen LogP contribution in [-0.2, 0) is 6.42 Å². The minimum absolute atomic E-state index is 0.0237. The number of nitrogens with one attached hydrogen (secondary N) is 1. The van der Waals surface area contributed by atoms with Crippen molar-refractivity contribution < 1.29 is 14.3 Å². The highest BCUT2D eigenvalue weighted by Gasteiger charge is 2.21. The number of amides is 1. The summed E-state index contributed by atoms with van der Waals surface area (Å²) in [5, 5.41) is 8.43. The first-order valence-electron chi connectivity index (χ1n) is 11.4. The van der Waals surface area contributed by atoms with E-state index in [2.05, 4.69) is 17.4 Å². The normalized spacial score (nSPS) is 11.7. The molecular weight excluding hydrogens is 462 g/mol. The summed E-state index contributed by atoms with van der Waals surface area (Å²) in [7, 11) is 3.19. The summed E-state index contributed by atoms with van der Waals surface area (Å²) >= 11 is 6.24. The lowest BCUT2D eigenvalue weighted by Crippen LogP contribution is -2.34. The first-order valence-corrected chi connectivity index (χ1v) is 11.8. The summed E-state index contributed by atoms with van der Waals surface area (Å²) in [4.78, 5) is 13.4. The van der Waals surface area contributed by atoms with Crippen molar-refractivity contribution in [2.45, 2.75) is 25.8 Å². The van der Waals surface area contributed by atoms with E-state index in [4.69, 9.17) is 26.2 Å². The van der Waals surface area contributed by atoms with Gasteiger partial charge >= 0.3 is 0 Å². The quantitative estimate of drug-likeness (QED) is 0.315. The van der Waals surface area contributed by atoms with Crippen molar-refractivity contribution in [3.05, 3.63) is 95.1 Å². The van der Waals surface area contributed by atoms with Gasteiger partial charge in [-0.2, -0.15) is 5.10 Å². The third kappa shape index (κ3) is 5.84. The van der Waals surface area contributed by atoms with Gasteiger partial charge in [-0.3, -0.25) is 4.79 Å². The van der Waals surface area contributed by atoms with Crippen LogP contribution in [0.3, 0.4) is 0 Å². The van der Waals surface area contributed by atoms with E-state index in [1.165, 1.54) is 5.56 Å². The zero-order valence-corrected chi connectivity index (χ0v) is 20.8. The average Bonchev–Trinajstić information content (AvgIpc) is 3.33. The fourth-order valence-corrected chi connectivity index (χ4v) is 4.07. The van der Waals surface area contributed by atoms with Crippen LogP contribution in [0.25, 0.3) is 16.9 Å². The van der Waals surface area contributed by atoms with Gasteiger partial charge in [-0.25, -0.2) is 4.68 Å². The van der Waals surface area contributed by atoms with E-state index in [0.717, 1.165) is 18.4 Å². The lowest BCUT2D eigenvalue weighted by molar-refractivity contribution is 0.0930. The molecule has 7 heteroatoms. The molecule has 1 aromatic heterocycles. The molecule has 6 nitrogen and oxygen atoms in total. The monoisotopic (exact) mass is 489 g/mol. The smallest absolute Gasteiger partial charge is 0.270 e. The van der Waals surface area contributed by atoms with Crippen LogP contribution >= 0.6 is 11.6 Å². The molecule has 1 unspecified atom stereocenters. The second kappa shape index (κ2) is 11.1. The lowest BCUT2D eigenvalue weighted by Gasteiger charge is -2.15. The topological polar surface area (TPSA) is 65.4 Å². The Hall–Kier alpha value is -3.77. The Morgan fingerprint density at radius 1 is 1.00 bits per heavy atom. The molecule has 35 heavy (non-hydrogen) atoms. The predicted octanol–water partition coefficient (Wildman–Crippen LogP) is 5.96. The summed E-state index contributed by atoms with van der Waals surface area (Å²) in [5.74, 6) is 1.06. The van der Waals surface area contributed by atoms with E-state index in [-0.39, 0.29) is 11.9 Å². The number of hydrogen-bond acceptors (Lipinski definition) is 4. The van der Waals surface area contributed by atoms with E-state index < -0.39 is 0 Å². The number of carbonyl (C=O) groups excluding carboxylic acids is 1. The summed E-state index contributed by atoms with van der Waals surface area (Å²) in [6, 6.07) is 24.7. The number of ether oxygens (including phenoxy) is 2. The highest BCUT2D eigenvalue weighted by atomic mass is 35.5. The summed E-state index contributed by atoms with van der Waals surface area (Å²) in [5.41, 5.74) is 3.70. The molecule has 0 bridgehead atoms. The molecule has 0 radical (unpaired) electrons. The molecule has 1 N–H and O–H groups in total. The van der Waals surface area contributed by atoms with Gasteiger partial charge in [0.25, 0.3) is 5.91 Å². The number of aromatic nitrogens is 2. The molecule has 1 amide bonds. The molecule has 0 fully saturated rings. The molecule has 0 saturated heterocycles. The van der Waals surface area contributed by atoms with Crippen molar-refractivity contribution in [1.82, 2.24) is 15.1 Å². The van der Waals surface area contributed by atoms with Crippen LogP contribution in [0.5, 0.6) is 11.5 Å². The number of rotatable bonds is 9. The van der Waals surface area contributed by atoms with Gasteiger partial charge in [-0.1, -0.05) is 48.0 Å². The van der Waals surface area contributed by atoms with Gasteiger partial charge in [0.2, 0.25) is 0 Å². The Morgan fingerprint density at radius 2 is 1.80 bits per heavy atom. The van der Waals surface area contributed by atoms with Gasteiger partial charge in [0, 0.05) is 22.7 Å². The molecule has 4 rings (SSSR count). The molecule has 180 valence electrons. The van der Waals surface area contributed by atoms with Crippen molar-refractivity contribution in [2.24, 2.45) is 0 Å². The Bertz CT molecular complexity index is 1300. The first kappa shape index (κ1) is 24.4. The number of nitrogens with zero attached hydrogens (tertiary/aromatic N) is 2. The maximum atomic E-state index is 13.4. The molecule has 0 spiro atoms. The second-order valence-corrected chi connectivity index (χ2v) is 8.71. The van der Waals surface area contributed by atoms with Gasteiger partial charge < -0.3 is 14.8 Å². The van der Waals surface area contributed by atoms with Gasteiger partial charge in [0.05, 0.1) is 25.6 Å². The third-order valence-electron chi connectivity index (χ3n) is 5.77. The SMILES string of the molecule is COc1ccc(-c2cc(C(=O)NC(C)CCc3ccccc3)n(-c3cccc(Cl)c3)n2)c(OC)c1. The van der Waals surface area contributed by atoms with Crippen LogP contribution in [-0.4, -0.2) is 35.9 Å². The highest BCUT2D eigenvalue weighted by Crippen LogP contribution is 2.33. The van der Waals surface area contributed by atoms with Crippen molar-refractivity contribution >= 4 is 17.5 Å². The number of hydrogen-bond donors (Lipinski definition) is 1. The standard InChI is InChI=1S/C28H28ClN3O3/c1-19(12-13-20-8-5-4-6-9-20)30-28(33)26-18-25(24-15-14-23(34-2)17-27(24)35-3)31-32(26)22-11-7-10-21(29)16-22/h4-11,14-19H,12-13H2,1-3H3,(H,30,33). The van der Waals surface area contributed by atoms with E-state index in [1.807, 2.05) is 49.4 Å². The van der Waals surface area contributed by atoms with Gasteiger partial charge in [-0.05, 0) is 61.7 Å². The third-order valence-corrected chi connectivity index (χ3v) is 6.00. The summed E-state index contributed by atoms with van der Waals surface area (Å²) in [6.45, 7) is 2.01. The Morgan fingerprint density at radius 3 is 2.51 bits per heavy atom. The molecule has 0 aliphatic heterocycles. The Kier molecular flexibility index (Phi) is 7.73. The second-order valence-electron chi connectivity index (χ2n) is 8.27. The first-order chi connectivity index (χ1) is 17.0. The van der Waals surface area contributed by atoms with E-state index in [1.54, 1.807) is 43.2 Å². The van der Waals surface area contributed by atoms with Crippen molar-refractivity contribution in [1.29, 1.82) is 0 Å². The number of halogens is 1. The molecule has 1 heterocycles. The number of benzene rings is 3. The molecule has 3 aromatic carbocycles. The molecule has 0 aliphatic rings. The van der Waals surface area contributed by atoms with Gasteiger partial charge in [0.1, 0.15) is 17.2 Å². The highest BCUT2D eigenvalue weighted by molar-refractivity contribution is 6.30. The lowest BCUT2D eigenvalue weighted by atomic mass is 10.1. The molecular formula is C28H28ClN3O3. The minimum Gasteiger partial charge on any atom is -0.497 e. The minimum atomic E-state index is -0.211. The number of aryl methyl sites for hydroxylation is 1. The van der Waals surface area contributed by atoms with E-state index in [9.17, 15) is 4.79 Å². The van der Waals surface area contributed by atoms with Crippen LogP contribution in [0.15, 0.2) is 78.9 Å². The van der Waals surface area contributed by atoms with Gasteiger partial charge in [0.15, 0.2) is 0 Å². The molecule has 0 saturated carbocycles. The molecule has 1 atom stereocenters. The molecule has 4 aromatic rings. The average molecular weight is 490 g/mol. The summed E-state index contributed by atoms with van der Waals surface area (Å²) in [6.07, 6.45) is 1.70. The Balaban J connectivity index is 1.65. The van der Waals surface area contributed by atoms with E-state index in [0.29, 0.717) is 33.6 Å².